The fraction of sp³-hybridized carbons (Fsp3) is 0.818. The molecule has 1 amide bonds. The van der Waals surface area contributed by atoms with Gasteiger partial charge in [-0.05, 0) is 32.2 Å². The highest BCUT2D eigenvalue weighted by molar-refractivity contribution is 5.82. The predicted octanol–water partition coefficient (Wildman–Crippen LogP) is 0.994. The number of carbonyl (C=O) groups excluding carboxylic acids is 1. The molecule has 2 heterocycles. The predicted molar refractivity (Wildman–Crippen MR) is 60.5 cm³/mol. The van der Waals surface area contributed by atoms with Crippen LogP contribution in [0.25, 0.3) is 0 Å². The van der Waals surface area contributed by atoms with Crippen LogP contribution >= 0.6 is 0 Å². The van der Waals surface area contributed by atoms with Gasteiger partial charge in [0, 0.05) is 13.1 Å². The zero-order valence-electron chi connectivity index (χ0n) is 10.4. The summed E-state index contributed by atoms with van der Waals surface area (Å²) in [7, 11) is 0. The maximum atomic E-state index is 11.7. The topological polar surface area (TPSA) is 69.6 Å². The minimum Gasteiger partial charge on any atom is -0.475 e. The number of carboxylic acid groups (broad SMARTS) is 1. The summed E-state index contributed by atoms with van der Waals surface area (Å²) in [5.41, 5.74) is 0. The Hall–Kier alpha value is -1.31. The van der Waals surface area contributed by atoms with Crippen LogP contribution in [0.4, 0.5) is 13.2 Å². The summed E-state index contributed by atoms with van der Waals surface area (Å²) in [6.07, 6.45) is -0.503. The molecule has 0 spiro atoms. The summed E-state index contributed by atoms with van der Waals surface area (Å²) in [5.74, 6) is -2.42. The molecule has 19 heavy (non-hydrogen) atoms. The second-order valence-corrected chi connectivity index (χ2v) is 4.48. The largest absolute Gasteiger partial charge is 0.490 e. The van der Waals surface area contributed by atoms with Crippen LogP contribution in [-0.2, 0) is 9.59 Å². The maximum Gasteiger partial charge on any atom is 0.490 e. The number of alkyl halides is 3. The number of hydrogen-bond donors (Lipinski definition) is 2. The Morgan fingerprint density at radius 3 is 2.05 bits per heavy atom. The molecule has 0 unspecified atom stereocenters. The molecule has 0 radical (unpaired) electrons. The Morgan fingerprint density at radius 1 is 1.16 bits per heavy atom. The van der Waals surface area contributed by atoms with Crippen molar-refractivity contribution in [1.82, 2.24) is 10.2 Å². The molecule has 8 heteroatoms. The van der Waals surface area contributed by atoms with Gasteiger partial charge in [0.15, 0.2) is 0 Å². The van der Waals surface area contributed by atoms with E-state index < -0.39 is 12.1 Å². The van der Waals surface area contributed by atoms with Gasteiger partial charge in [-0.25, -0.2) is 4.79 Å². The molecule has 2 N–H and O–H groups in total. The van der Waals surface area contributed by atoms with Gasteiger partial charge in [-0.1, -0.05) is 0 Å². The van der Waals surface area contributed by atoms with Crippen LogP contribution in [0.5, 0.6) is 0 Å². The van der Waals surface area contributed by atoms with Crippen molar-refractivity contribution in [2.75, 3.05) is 19.6 Å². The van der Waals surface area contributed by atoms with Crippen LogP contribution in [0.3, 0.4) is 0 Å². The minimum atomic E-state index is -5.08. The SMILES string of the molecule is O=C(O)C(F)(F)F.O=C([C@@H]1CCCN1)N1CCCC1. The fourth-order valence-corrected chi connectivity index (χ4v) is 2.05. The van der Waals surface area contributed by atoms with Crippen molar-refractivity contribution >= 4 is 11.9 Å². The summed E-state index contributed by atoms with van der Waals surface area (Å²) in [6.45, 7) is 2.98. The number of likely N-dealkylation sites (tertiary alicyclic amines) is 1. The third-order valence-corrected chi connectivity index (χ3v) is 3.02. The first kappa shape index (κ1) is 15.7. The number of amides is 1. The van der Waals surface area contributed by atoms with E-state index in [1.807, 2.05) is 4.90 Å². The van der Waals surface area contributed by atoms with E-state index in [0.717, 1.165) is 32.5 Å². The molecule has 0 aliphatic carbocycles. The molecule has 1 atom stereocenters. The van der Waals surface area contributed by atoms with E-state index in [-0.39, 0.29) is 6.04 Å². The summed E-state index contributed by atoms with van der Waals surface area (Å²) in [4.78, 5) is 22.6. The van der Waals surface area contributed by atoms with Crippen LogP contribution in [0.1, 0.15) is 25.7 Å². The first-order valence-corrected chi connectivity index (χ1v) is 6.14. The van der Waals surface area contributed by atoms with Gasteiger partial charge in [0.2, 0.25) is 5.91 Å². The lowest BCUT2D eigenvalue weighted by molar-refractivity contribution is -0.192. The average Bonchev–Trinajstić information content (AvgIpc) is 3.01. The molecule has 2 aliphatic heterocycles. The number of carbonyl (C=O) groups is 2. The Balaban J connectivity index is 0.000000224. The quantitative estimate of drug-likeness (QED) is 0.752. The van der Waals surface area contributed by atoms with Gasteiger partial charge >= 0.3 is 12.1 Å². The number of nitrogens with one attached hydrogen (secondary N) is 1. The second kappa shape index (κ2) is 6.74. The number of aliphatic carboxylic acids is 1. The van der Waals surface area contributed by atoms with E-state index in [0.29, 0.717) is 5.91 Å². The van der Waals surface area contributed by atoms with E-state index in [1.165, 1.54) is 12.8 Å². The van der Waals surface area contributed by atoms with E-state index in [1.54, 1.807) is 0 Å². The summed E-state index contributed by atoms with van der Waals surface area (Å²) >= 11 is 0. The highest BCUT2D eigenvalue weighted by atomic mass is 19.4. The molecule has 0 saturated carbocycles. The van der Waals surface area contributed by atoms with Gasteiger partial charge in [0.25, 0.3) is 0 Å². The Morgan fingerprint density at radius 2 is 1.68 bits per heavy atom. The van der Waals surface area contributed by atoms with Crippen LogP contribution in [0.2, 0.25) is 0 Å². The van der Waals surface area contributed by atoms with Gasteiger partial charge < -0.3 is 15.3 Å². The monoisotopic (exact) mass is 282 g/mol. The van der Waals surface area contributed by atoms with Crippen molar-refractivity contribution < 1.29 is 27.9 Å². The zero-order valence-corrected chi connectivity index (χ0v) is 10.4. The highest BCUT2D eigenvalue weighted by Crippen LogP contribution is 2.14. The molecule has 0 aromatic heterocycles. The number of nitrogens with zero attached hydrogens (tertiary/aromatic N) is 1. The summed E-state index contributed by atoms with van der Waals surface area (Å²) in [6, 6.07) is 0.142. The van der Waals surface area contributed by atoms with Crippen molar-refractivity contribution in [3.05, 3.63) is 0 Å². The normalized spacial score (nSPS) is 22.9. The average molecular weight is 282 g/mol. The molecule has 2 aliphatic rings. The molecule has 2 fully saturated rings. The molecule has 0 bridgehead atoms. The van der Waals surface area contributed by atoms with Crippen LogP contribution < -0.4 is 5.32 Å². The van der Waals surface area contributed by atoms with Crippen LogP contribution in [0, 0.1) is 0 Å². The standard InChI is InChI=1S/C9H16N2O.C2HF3O2/c12-9(8-4-3-5-10-8)11-6-1-2-7-11;3-2(4,5)1(6)7/h8,10H,1-7H2;(H,6,7)/t8-;/m0./s1. The van der Waals surface area contributed by atoms with Crippen molar-refractivity contribution in [2.45, 2.75) is 37.9 Å². The van der Waals surface area contributed by atoms with Crippen molar-refractivity contribution in [1.29, 1.82) is 0 Å². The third-order valence-electron chi connectivity index (χ3n) is 3.02. The minimum absolute atomic E-state index is 0.142. The first-order valence-electron chi connectivity index (χ1n) is 6.14. The summed E-state index contributed by atoms with van der Waals surface area (Å²) in [5, 5.41) is 10.4. The lowest BCUT2D eigenvalue weighted by Crippen LogP contribution is -2.42. The molecule has 5 nitrogen and oxygen atoms in total. The van der Waals surface area contributed by atoms with Crippen LogP contribution in [0.15, 0.2) is 0 Å². The molecular formula is C11H17F3N2O3. The van der Waals surface area contributed by atoms with E-state index in [9.17, 15) is 18.0 Å². The molecular weight excluding hydrogens is 265 g/mol. The van der Waals surface area contributed by atoms with Gasteiger partial charge in [-0.15, -0.1) is 0 Å². The molecule has 2 rings (SSSR count). The van der Waals surface area contributed by atoms with Gasteiger partial charge in [0.1, 0.15) is 0 Å². The Labute approximate surface area is 108 Å². The van der Waals surface area contributed by atoms with Gasteiger partial charge in [-0.2, -0.15) is 13.2 Å². The Kier molecular flexibility index (Phi) is 5.59. The van der Waals surface area contributed by atoms with E-state index >= 15 is 0 Å². The summed E-state index contributed by atoms with van der Waals surface area (Å²) < 4.78 is 31.7. The molecule has 110 valence electrons. The highest BCUT2D eigenvalue weighted by Gasteiger charge is 2.38. The lowest BCUT2D eigenvalue weighted by atomic mass is 10.2. The third kappa shape index (κ3) is 5.06. The molecule has 0 aromatic carbocycles. The van der Waals surface area contributed by atoms with Crippen molar-refractivity contribution in [3.8, 4) is 0 Å². The number of hydrogen-bond acceptors (Lipinski definition) is 3. The van der Waals surface area contributed by atoms with Crippen molar-refractivity contribution in [3.63, 3.8) is 0 Å². The van der Waals surface area contributed by atoms with E-state index in [2.05, 4.69) is 5.32 Å². The first-order chi connectivity index (χ1) is 8.82. The zero-order chi connectivity index (χ0) is 14.5. The second-order valence-electron chi connectivity index (χ2n) is 4.48. The van der Waals surface area contributed by atoms with Crippen molar-refractivity contribution in [2.24, 2.45) is 0 Å². The molecule has 2 saturated heterocycles. The van der Waals surface area contributed by atoms with Gasteiger partial charge in [-0.3, -0.25) is 4.79 Å². The van der Waals surface area contributed by atoms with E-state index in [4.69, 9.17) is 9.90 Å². The maximum absolute atomic E-state index is 11.7. The number of carboxylic acids is 1. The Bertz CT molecular complexity index is 304. The molecule has 0 aromatic rings. The van der Waals surface area contributed by atoms with Gasteiger partial charge in [0.05, 0.1) is 6.04 Å². The fourth-order valence-electron chi connectivity index (χ4n) is 2.05. The van der Waals surface area contributed by atoms with Crippen LogP contribution in [-0.4, -0.2) is 53.7 Å². The lowest BCUT2D eigenvalue weighted by Gasteiger charge is -2.19. The smallest absolute Gasteiger partial charge is 0.475 e. The number of rotatable bonds is 1. The number of halogens is 3.